The molecule has 0 aliphatic carbocycles. The number of rotatable bonds is 8. The van der Waals surface area contributed by atoms with Crippen LogP contribution in [0.2, 0.25) is 0 Å². The van der Waals surface area contributed by atoms with Gasteiger partial charge >= 0.3 is 5.97 Å². The number of fused-ring (bicyclic) bond motifs is 1. The van der Waals surface area contributed by atoms with Gasteiger partial charge in [-0.25, -0.2) is 0 Å². The summed E-state index contributed by atoms with van der Waals surface area (Å²) in [6.07, 6.45) is 1.56. The Morgan fingerprint density at radius 2 is 1.68 bits per heavy atom. The number of ether oxygens (including phenoxy) is 1. The first-order chi connectivity index (χ1) is 15.1. The molecule has 5 N–H and O–H groups in total. The van der Waals surface area contributed by atoms with Crippen LogP contribution in [0.5, 0.6) is 5.75 Å². The van der Waals surface area contributed by atoms with Crippen molar-refractivity contribution in [2.45, 2.75) is 26.1 Å². The molecular formula is C25H24N2O4. The Kier molecular flexibility index (Phi) is 6.02. The molecule has 0 amide bonds. The van der Waals surface area contributed by atoms with Gasteiger partial charge in [0, 0.05) is 29.6 Å². The van der Waals surface area contributed by atoms with Crippen LogP contribution >= 0.6 is 0 Å². The van der Waals surface area contributed by atoms with Crippen LogP contribution in [0, 0.1) is 0 Å². The molecule has 0 bridgehead atoms. The minimum Gasteiger partial charge on any atom is -0.488 e. The summed E-state index contributed by atoms with van der Waals surface area (Å²) >= 11 is 0. The maximum atomic E-state index is 11.2. The Morgan fingerprint density at radius 3 is 2.45 bits per heavy atom. The highest BCUT2D eigenvalue weighted by atomic mass is 16.5. The molecule has 6 nitrogen and oxygen atoms in total. The first-order valence-corrected chi connectivity index (χ1v) is 10.0. The molecule has 1 heterocycles. The quantitative estimate of drug-likeness (QED) is 0.396. The summed E-state index contributed by atoms with van der Waals surface area (Å²) in [7, 11) is 0. The smallest absolute Gasteiger partial charge is 0.307 e. The molecule has 4 rings (SSSR count). The van der Waals surface area contributed by atoms with Crippen molar-refractivity contribution in [2.75, 3.05) is 0 Å². The van der Waals surface area contributed by atoms with E-state index in [2.05, 4.69) is 12.1 Å². The lowest BCUT2D eigenvalue weighted by Gasteiger charge is -2.12. The third-order valence-corrected chi connectivity index (χ3v) is 5.24. The van der Waals surface area contributed by atoms with Crippen LogP contribution in [0.15, 0.2) is 71.3 Å². The van der Waals surface area contributed by atoms with Gasteiger partial charge in [-0.05, 0) is 46.5 Å². The number of benzene rings is 3. The molecule has 0 aliphatic heterocycles. The summed E-state index contributed by atoms with van der Waals surface area (Å²) in [5.41, 5.74) is 17.8. The highest BCUT2D eigenvalue weighted by molar-refractivity contribution is 5.86. The van der Waals surface area contributed by atoms with Gasteiger partial charge in [0.25, 0.3) is 0 Å². The Balaban J connectivity index is 1.63. The van der Waals surface area contributed by atoms with E-state index >= 15 is 0 Å². The second kappa shape index (κ2) is 9.04. The number of carboxylic acid groups (broad SMARTS) is 1. The minimum atomic E-state index is -0.913. The van der Waals surface area contributed by atoms with Crippen molar-refractivity contribution in [2.24, 2.45) is 11.5 Å². The average molecular weight is 416 g/mol. The van der Waals surface area contributed by atoms with Gasteiger partial charge in [0.2, 0.25) is 0 Å². The standard InChI is InChI=1S/C25H24N2O4/c26-12-16-2-1-3-18(8-16)19-6-7-23-22(10-19)21(14-30-23)15-31-24-9-17(13-27)4-5-20(24)11-25(28)29/h1-10,14H,11-13,15,26-27H2,(H,28,29). The highest BCUT2D eigenvalue weighted by Gasteiger charge is 2.13. The third-order valence-electron chi connectivity index (χ3n) is 5.24. The lowest BCUT2D eigenvalue weighted by atomic mass is 10.0. The van der Waals surface area contributed by atoms with Crippen molar-refractivity contribution >= 4 is 16.9 Å². The minimum absolute atomic E-state index is 0.117. The maximum absolute atomic E-state index is 11.2. The summed E-state index contributed by atoms with van der Waals surface area (Å²) in [5, 5.41) is 10.1. The summed E-state index contributed by atoms with van der Waals surface area (Å²) in [6, 6.07) is 19.5. The van der Waals surface area contributed by atoms with E-state index < -0.39 is 5.97 Å². The number of nitrogens with two attached hydrogens (primary N) is 2. The molecule has 6 heteroatoms. The van der Waals surface area contributed by atoms with E-state index in [1.54, 1.807) is 18.4 Å². The molecule has 0 saturated heterocycles. The largest absolute Gasteiger partial charge is 0.488 e. The zero-order chi connectivity index (χ0) is 21.8. The molecule has 0 atom stereocenters. The molecule has 0 spiro atoms. The fourth-order valence-electron chi connectivity index (χ4n) is 3.58. The lowest BCUT2D eigenvalue weighted by Crippen LogP contribution is -2.06. The van der Waals surface area contributed by atoms with E-state index in [-0.39, 0.29) is 13.0 Å². The van der Waals surface area contributed by atoms with E-state index in [0.29, 0.717) is 24.4 Å². The topological polar surface area (TPSA) is 112 Å². The van der Waals surface area contributed by atoms with Crippen LogP contribution in [-0.2, 0) is 30.9 Å². The fourth-order valence-corrected chi connectivity index (χ4v) is 3.58. The Labute approximate surface area is 180 Å². The monoisotopic (exact) mass is 416 g/mol. The number of hydrogen-bond donors (Lipinski definition) is 3. The number of carboxylic acids is 1. The van der Waals surface area contributed by atoms with Crippen LogP contribution in [0.4, 0.5) is 0 Å². The first kappa shape index (κ1) is 20.7. The van der Waals surface area contributed by atoms with Gasteiger partial charge in [0.15, 0.2) is 0 Å². The molecule has 31 heavy (non-hydrogen) atoms. The summed E-state index contributed by atoms with van der Waals surface area (Å²) < 4.78 is 11.7. The van der Waals surface area contributed by atoms with Crippen LogP contribution in [0.3, 0.4) is 0 Å². The van der Waals surface area contributed by atoms with Gasteiger partial charge in [-0.2, -0.15) is 0 Å². The van der Waals surface area contributed by atoms with E-state index in [1.807, 2.05) is 36.4 Å². The summed E-state index contributed by atoms with van der Waals surface area (Å²) in [6.45, 7) is 1.09. The molecule has 0 fully saturated rings. The van der Waals surface area contributed by atoms with Crippen molar-refractivity contribution in [3.8, 4) is 16.9 Å². The second-order valence-electron chi connectivity index (χ2n) is 7.38. The van der Waals surface area contributed by atoms with E-state index in [4.69, 9.17) is 20.6 Å². The molecule has 4 aromatic rings. The lowest BCUT2D eigenvalue weighted by molar-refractivity contribution is -0.136. The third kappa shape index (κ3) is 4.60. The highest BCUT2D eigenvalue weighted by Crippen LogP contribution is 2.30. The van der Waals surface area contributed by atoms with E-state index in [1.165, 1.54) is 0 Å². The van der Waals surface area contributed by atoms with E-state index in [0.717, 1.165) is 38.8 Å². The molecule has 3 aromatic carbocycles. The zero-order valence-electron chi connectivity index (χ0n) is 17.0. The van der Waals surface area contributed by atoms with Crippen LogP contribution < -0.4 is 16.2 Å². The molecule has 1 aromatic heterocycles. The van der Waals surface area contributed by atoms with Gasteiger partial charge in [0.05, 0.1) is 12.7 Å². The van der Waals surface area contributed by atoms with Crippen molar-refractivity contribution < 1.29 is 19.1 Å². The summed E-state index contributed by atoms with van der Waals surface area (Å²) in [4.78, 5) is 11.2. The van der Waals surface area contributed by atoms with Crippen LogP contribution in [0.25, 0.3) is 22.1 Å². The van der Waals surface area contributed by atoms with Gasteiger partial charge in [0.1, 0.15) is 17.9 Å². The van der Waals surface area contributed by atoms with Crippen molar-refractivity contribution in [1.82, 2.24) is 0 Å². The molecule has 0 unspecified atom stereocenters. The van der Waals surface area contributed by atoms with Crippen LogP contribution in [-0.4, -0.2) is 11.1 Å². The van der Waals surface area contributed by atoms with E-state index in [9.17, 15) is 9.90 Å². The maximum Gasteiger partial charge on any atom is 0.307 e. The Bertz CT molecular complexity index is 1230. The number of carbonyl (C=O) groups is 1. The Morgan fingerprint density at radius 1 is 0.903 bits per heavy atom. The molecule has 0 saturated carbocycles. The molecular weight excluding hydrogens is 392 g/mol. The predicted octanol–water partition coefficient (Wildman–Crippen LogP) is 4.22. The molecule has 158 valence electrons. The normalized spacial score (nSPS) is 11.0. The number of hydrogen-bond acceptors (Lipinski definition) is 5. The van der Waals surface area contributed by atoms with Gasteiger partial charge < -0.3 is 25.7 Å². The number of aliphatic carboxylic acids is 1. The fraction of sp³-hybridized carbons (Fsp3) is 0.160. The van der Waals surface area contributed by atoms with Gasteiger partial charge in [-0.15, -0.1) is 0 Å². The second-order valence-corrected chi connectivity index (χ2v) is 7.38. The van der Waals surface area contributed by atoms with Crippen LogP contribution in [0.1, 0.15) is 22.3 Å². The summed E-state index contributed by atoms with van der Waals surface area (Å²) in [5.74, 6) is -0.394. The van der Waals surface area contributed by atoms with Gasteiger partial charge in [-0.1, -0.05) is 36.4 Å². The molecule has 0 radical (unpaired) electrons. The predicted molar refractivity (Wildman–Crippen MR) is 120 cm³/mol. The average Bonchev–Trinajstić information content (AvgIpc) is 3.20. The van der Waals surface area contributed by atoms with Gasteiger partial charge in [-0.3, -0.25) is 4.79 Å². The Hall–Kier alpha value is -3.61. The zero-order valence-corrected chi connectivity index (χ0v) is 17.0. The van der Waals surface area contributed by atoms with Crippen molar-refractivity contribution in [3.63, 3.8) is 0 Å². The molecule has 0 aliphatic rings. The van der Waals surface area contributed by atoms with Crippen molar-refractivity contribution in [3.05, 3.63) is 89.2 Å². The number of furan rings is 1. The SMILES string of the molecule is NCc1cccc(-c2ccc3occ(COc4cc(CN)ccc4CC(=O)O)c3c2)c1. The first-order valence-electron chi connectivity index (χ1n) is 10.0. The van der Waals surface area contributed by atoms with Crippen molar-refractivity contribution in [1.29, 1.82) is 0 Å².